The minimum Gasteiger partial charge on any atom is -0.496 e. The van der Waals surface area contributed by atoms with Crippen LogP contribution in [0.5, 0.6) is 5.75 Å². The van der Waals surface area contributed by atoms with Gasteiger partial charge in [-0.15, -0.1) is 5.10 Å². The fourth-order valence-electron chi connectivity index (χ4n) is 3.29. The van der Waals surface area contributed by atoms with Gasteiger partial charge in [-0.25, -0.2) is 0 Å². The van der Waals surface area contributed by atoms with E-state index in [1.165, 1.54) is 4.80 Å². The smallest absolute Gasteiger partial charge is 0.279 e. The maximum absolute atomic E-state index is 12.8. The number of methoxy groups -OCH3 is 1. The van der Waals surface area contributed by atoms with Crippen LogP contribution in [0.1, 0.15) is 27.3 Å². The third kappa shape index (κ3) is 3.67. The van der Waals surface area contributed by atoms with E-state index < -0.39 is 0 Å². The van der Waals surface area contributed by atoms with E-state index in [0.29, 0.717) is 17.3 Å². The number of aromatic nitrogens is 5. The normalized spacial score (nSPS) is 10.8. The molecule has 4 aromatic rings. The van der Waals surface area contributed by atoms with E-state index in [1.807, 2.05) is 50.2 Å². The van der Waals surface area contributed by atoms with E-state index in [-0.39, 0.29) is 11.6 Å². The minimum absolute atomic E-state index is 0.247. The van der Waals surface area contributed by atoms with E-state index in [9.17, 15) is 4.79 Å². The molecule has 0 unspecified atom stereocenters. The molecule has 2 heterocycles. The molecule has 0 spiro atoms. The lowest BCUT2D eigenvalue weighted by Crippen LogP contribution is -2.14. The SMILES string of the molecule is COc1ccccc1-c1cc(NC(=O)c2nn(-c3ccc(C)cc3C)nc2C)n[nH]1. The van der Waals surface area contributed by atoms with Crippen molar-refractivity contribution in [1.29, 1.82) is 0 Å². The lowest BCUT2D eigenvalue weighted by Gasteiger charge is -2.05. The van der Waals surface area contributed by atoms with Crippen LogP contribution in [0.3, 0.4) is 0 Å². The molecule has 2 N–H and O–H groups in total. The van der Waals surface area contributed by atoms with E-state index in [0.717, 1.165) is 28.1 Å². The van der Waals surface area contributed by atoms with Gasteiger partial charge in [0, 0.05) is 11.6 Å². The second-order valence-electron chi connectivity index (χ2n) is 7.03. The molecule has 0 saturated heterocycles. The predicted molar refractivity (Wildman–Crippen MR) is 114 cm³/mol. The fraction of sp³-hybridized carbons (Fsp3) is 0.182. The van der Waals surface area contributed by atoms with Gasteiger partial charge in [0.25, 0.3) is 5.91 Å². The number of carbonyl (C=O) groups is 1. The minimum atomic E-state index is -0.374. The zero-order valence-corrected chi connectivity index (χ0v) is 17.2. The van der Waals surface area contributed by atoms with Gasteiger partial charge >= 0.3 is 0 Å². The number of aryl methyl sites for hydroxylation is 3. The predicted octanol–water partition coefficient (Wildman–Crippen LogP) is 3.84. The van der Waals surface area contributed by atoms with Crippen LogP contribution in [0.2, 0.25) is 0 Å². The summed E-state index contributed by atoms with van der Waals surface area (Å²) in [5.41, 5.74) is 5.39. The maximum Gasteiger partial charge on any atom is 0.279 e. The van der Waals surface area contributed by atoms with Gasteiger partial charge in [-0.05, 0) is 44.5 Å². The van der Waals surface area contributed by atoms with E-state index >= 15 is 0 Å². The van der Waals surface area contributed by atoms with E-state index in [1.54, 1.807) is 20.1 Å². The maximum atomic E-state index is 12.8. The van der Waals surface area contributed by atoms with Gasteiger partial charge in [0.15, 0.2) is 11.5 Å². The summed E-state index contributed by atoms with van der Waals surface area (Å²) in [6, 6.07) is 15.3. The van der Waals surface area contributed by atoms with Crippen LogP contribution >= 0.6 is 0 Å². The second-order valence-corrected chi connectivity index (χ2v) is 7.03. The first-order valence-electron chi connectivity index (χ1n) is 9.48. The van der Waals surface area contributed by atoms with Crippen molar-refractivity contribution in [3.05, 3.63) is 71.0 Å². The first-order chi connectivity index (χ1) is 14.5. The lowest BCUT2D eigenvalue weighted by atomic mass is 10.1. The van der Waals surface area contributed by atoms with Crippen molar-refractivity contribution in [3.63, 3.8) is 0 Å². The van der Waals surface area contributed by atoms with Crippen LogP contribution in [0.4, 0.5) is 5.82 Å². The molecule has 1 amide bonds. The third-order valence-corrected chi connectivity index (χ3v) is 4.78. The van der Waals surface area contributed by atoms with Crippen molar-refractivity contribution < 1.29 is 9.53 Å². The average Bonchev–Trinajstić information content (AvgIpc) is 3.34. The highest BCUT2D eigenvalue weighted by Gasteiger charge is 2.19. The number of rotatable bonds is 5. The highest BCUT2D eigenvalue weighted by molar-refractivity contribution is 6.03. The summed E-state index contributed by atoms with van der Waals surface area (Å²) < 4.78 is 5.38. The fourth-order valence-corrected chi connectivity index (χ4v) is 3.29. The molecule has 30 heavy (non-hydrogen) atoms. The summed E-state index contributed by atoms with van der Waals surface area (Å²) in [4.78, 5) is 14.3. The van der Waals surface area contributed by atoms with Crippen molar-refractivity contribution in [2.45, 2.75) is 20.8 Å². The molecule has 4 rings (SSSR count). The Morgan fingerprint density at radius 1 is 1.07 bits per heavy atom. The van der Waals surface area contributed by atoms with Gasteiger partial charge in [0.2, 0.25) is 0 Å². The highest BCUT2D eigenvalue weighted by Crippen LogP contribution is 2.29. The van der Waals surface area contributed by atoms with Crippen molar-refractivity contribution >= 4 is 11.7 Å². The number of H-pyrrole nitrogens is 1. The van der Waals surface area contributed by atoms with Crippen LogP contribution < -0.4 is 10.1 Å². The number of aromatic amines is 1. The van der Waals surface area contributed by atoms with E-state index in [2.05, 4.69) is 31.8 Å². The Hall–Kier alpha value is -3.94. The lowest BCUT2D eigenvalue weighted by molar-refractivity contribution is 0.102. The number of benzene rings is 2. The Morgan fingerprint density at radius 3 is 2.63 bits per heavy atom. The number of hydrogen-bond donors (Lipinski definition) is 2. The summed E-state index contributed by atoms with van der Waals surface area (Å²) in [6.07, 6.45) is 0. The van der Waals surface area contributed by atoms with Gasteiger partial charge in [-0.3, -0.25) is 9.89 Å². The summed E-state index contributed by atoms with van der Waals surface area (Å²) in [6.45, 7) is 5.78. The van der Waals surface area contributed by atoms with Gasteiger partial charge in [0.05, 0.1) is 24.2 Å². The van der Waals surface area contributed by atoms with Gasteiger partial charge < -0.3 is 10.1 Å². The summed E-state index contributed by atoms with van der Waals surface area (Å²) in [5.74, 6) is 0.731. The van der Waals surface area contributed by atoms with Crippen LogP contribution in [0, 0.1) is 20.8 Å². The van der Waals surface area contributed by atoms with Gasteiger partial charge in [-0.1, -0.05) is 29.8 Å². The second kappa shape index (κ2) is 7.82. The molecule has 0 bridgehead atoms. The zero-order chi connectivity index (χ0) is 21.3. The molecular weight excluding hydrogens is 380 g/mol. The molecule has 8 heteroatoms. The first kappa shape index (κ1) is 19.4. The van der Waals surface area contributed by atoms with Crippen LogP contribution in [0.25, 0.3) is 16.9 Å². The largest absolute Gasteiger partial charge is 0.496 e. The molecule has 0 aliphatic rings. The van der Waals surface area contributed by atoms with Crippen molar-refractivity contribution in [2.24, 2.45) is 0 Å². The molecule has 2 aromatic carbocycles. The number of ether oxygens (including phenoxy) is 1. The Labute approximate surface area is 173 Å². The van der Waals surface area contributed by atoms with Crippen molar-refractivity contribution in [2.75, 3.05) is 12.4 Å². The molecule has 2 aromatic heterocycles. The van der Waals surface area contributed by atoms with Crippen LogP contribution in [-0.4, -0.2) is 38.2 Å². The Balaban J connectivity index is 1.57. The molecule has 0 fully saturated rings. The number of nitrogens with zero attached hydrogens (tertiary/aromatic N) is 4. The monoisotopic (exact) mass is 402 g/mol. The molecule has 152 valence electrons. The van der Waals surface area contributed by atoms with E-state index in [4.69, 9.17) is 4.74 Å². The molecule has 0 aliphatic heterocycles. The van der Waals surface area contributed by atoms with Gasteiger partial charge in [0.1, 0.15) is 5.75 Å². The van der Waals surface area contributed by atoms with Gasteiger partial charge in [-0.2, -0.15) is 15.0 Å². The summed E-state index contributed by atoms with van der Waals surface area (Å²) >= 11 is 0. The molecule has 0 saturated carbocycles. The van der Waals surface area contributed by atoms with Crippen molar-refractivity contribution in [3.8, 4) is 22.7 Å². The third-order valence-electron chi connectivity index (χ3n) is 4.78. The summed E-state index contributed by atoms with van der Waals surface area (Å²) in [7, 11) is 1.61. The van der Waals surface area contributed by atoms with Crippen LogP contribution in [0.15, 0.2) is 48.5 Å². The van der Waals surface area contributed by atoms with Crippen molar-refractivity contribution in [1.82, 2.24) is 25.2 Å². The quantitative estimate of drug-likeness (QED) is 0.528. The number of amides is 1. The zero-order valence-electron chi connectivity index (χ0n) is 17.2. The number of para-hydroxylation sites is 1. The number of hydrogen-bond acceptors (Lipinski definition) is 5. The topological polar surface area (TPSA) is 97.7 Å². The van der Waals surface area contributed by atoms with Crippen LogP contribution in [-0.2, 0) is 0 Å². The average molecular weight is 402 g/mol. The molecular formula is C22H22N6O2. The summed E-state index contributed by atoms with van der Waals surface area (Å²) in [5, 5.41) is 18.7. The molecule has 0 atom stereocenters. The Bertz CT molecular complexity index is 1220. The highest BCUT2D eigenvalue weighted by atomic mass is 16.5. The Morgan fingerprint density at radius 2 is 1.87 bits per heavy atom. The number of nitrogens with one attached hydrogen (secondary N) is 2. The Kier molecular flexibility index (Phi) is 5.05. The first-order valence-corrected chi connectivity index (χ1v) is 9.48. The molecule has 0 radical (unpaired) electrons. The molecule has 8 nitrogen and oxygen atoms in total. The molecule has 0 aliphatic carbocycles. The standard InChI is InChI=1S/C22H22N6O2/c1-13-9-10-18(14(2)11-13)28-26-15(3)21(27-28)22(29)23-20-12-17(24-25-20)16-7-5-6-8-19(16)30-4/h5-12H,1-4H3,(H2,23,24,25,29). The number of anilines is 1. The number of carbonyl (C=O) groups excluding carboxylic acids is 1.